The number of hydrogen-bond donors (Lipinski definition) is 1. The zero-order chi connectivity index (χ0) is 11.2. The maximum atomic E-state index is 11.3. The molecule has 0 aliphatic rings. The van der Waals surface area contributed by atoms with E-state index in [0.29, 0.717) is 6.42 Å². The van der Waals surface area contributed by atoms with Crippen molar-refractivity contribution in [3.63, 3.8) is 0 Å². The summed E-state index contributed by atoms with van der Waals surface area (Å²) < 4.78 is 4.64. The number of aliphatic hydroxyl groups is 1. The summed E-state index contributed by atoms with van der Waals surface area (Å²) in [6.45, 7) is 5.54. The molecule has 0 rings (SSSR count). The van der Waals surface area contributed by atoms with Crippen molar-refractivity contribution in [1.29, 1.82) is 0 Å². The molecule has 0 saturated heterocycles. The second kappa shape index (κ2) is 6.02. The largest absolute Gasteiger partial charge is 0.469 e. The maximum Gasteiger partial charge on any atom is 0.313 e. The van der Waals surface area contributed by atoms with Crippen LogP contribution in [0.5, 0.6) is 0 Å². The molecule has 0 radical (unpaired) electrons. The van der Waals surface area contributed by atoms with Crippen LogP contribution in [0.4, 0.5) is 0 Å². The Balaban J connectivity index is 4.07. The van der Waals surface area contributed by atoms with Gasteiger partial charge in [-0.3, -0.25) is 4.79 Å². The van der Waals surface area contributed by atoms with Gasteiger partial charge in [0.1, 0.15) is 0 Å². The van der Waals surface area contributed by atoms with Crippen LogP contribution in [0.2, 0.25) is 0 Å². The summed E-state index contributed by atoms with van der Waals surface area (Å²) in [6, 6.07) is 0. The van der Waals surface area contributed by atoms with Crippen LogP contribution < -0.4 is 0 Å². The first-order valence-electron chi connectivity index (χ1n) is 5.23. The SMILES string of the molecule is CCCCCC(O)C(C)(C)C(=O)OC. The number of carbonyl (C=O) groups excluding carboxylic acids is 1. The third kappa shape index (κ3) is 3.66. The number of rotatable bonds is 6. The molecular formula is C11H22O3. The lowest BCUT2D eigenvalue weighted by molar-refractivity contribution is -0.157. The fraction of sp³-hybridized carbons (Fsp3) is 0.909. The summed E-state index contributed by atoms with van der Waals surface area (Å²) in [4.78, 5) is 11.3. The first-order valence-corrected chi connectivity index (χ1v) is 5.23. The molecule has 0 amide bonds. The Morgan fingerprint density at radius 3 is 2.43 bits per heavy atom. The minimum Gasteiger partial charge on any atom is -0.469 e. The molecule has 3 nitrogen and oxygen atoms in total. The molecule has 0 aromatic carbocycles. The number of esters is 1. The molecule has 1 unspecified atom stereocenters. The predicted molar refractivity (Wildman–Crippen MR) is 55.9 cm³/mol. The number of unbranched alkanes of at least 4 members (excludes halogenated alkanes) is 2. The number of methoxy groups -OCH3 is 1. The number of hydrogen-bond acceptors (Lipinski definition) is 3. The van der Waals surface area contributed by atoms with E-state index in [-0.39, 0.29) is 5.97 Å². The fourth-order valence-electron chi connectivity index (χ4n) is 1.35. The Bertz CT molecular complexity index is 175. The molecule has 0 aliphatic heterocycles. The molecule has 0 heterocycles. The predicted octanol–water partition coefficient (Wildman–Crippen LogP) is 2.13. The first-order chi connectivity index (χ1) is 6.46. The van der Waals surface area contributed by atoms with E-state index in [1.54, 1.807) is 13.8 Å². The van der Waals surface area contributed by atoms with Crippen molar-refractivity contribution in [1.82, 2.24) is 0 Å². The van der Waals surface area contributed by atoms with Gasteiger partial charge in [0.15, 0.2) is 0 Å². The van der Waals surface area contributed by atoms with Crippen LogP contribution in [-0.2, 0) is 9.53 Å². The lowest BCUT2D eigenvalue weighted by Gasteiger charge is -2.27. The molecule has 0 fully saturated rings. The summed E-state index contributed by atoms with van der Waals surface area (Å²) >= 11 is 0. The molecule has 0 bridgehead atoms. The summed E-state index contributed by atoms with van der Waals surface area (Å²) in [5.74, 6) is -0.346. The molecule has 0 saturated carbocycles. The third-order valence-corrected chi connectivity index (χ3v) is 2.63. The van der Waals surface area contributed by atoms with Crippen LogP contribution >= 0.6 is 0 Å². The van der Waals surface area contributed by atoms with Gasteiger partial charge >= 0.3 is 5.97 Å². The highest BCUT2D eigenvalue weighted by Gasteiger charge is 2.36. The smallest absolute Gasteiger partial charge is 0.313 e. The van der Waals surface area contributed by atoms with Gasteiger partial charge in [-0.2, -0.15) is 0 Å². The van der Waals surface area contributed by atoms with Crippen LogP contribution in [0.3, 0.4) is 0 Å². The van der Waals surface area contributed by atoms with E-state index in [9.17, 15) is 9.90 Å². The minimum atomic E-state index is -0.789. The van der Waals surface area contributed by atoms with Crippen LogP contribution in [0.1, 0.15) is 46.5 Å². The molecule has 0 aromatic rings. The molecule has 84 valence electrons. The molecule has 1 N–H and O–H groups in total. The Morgan fingerprint density at radius 2 is 2.00 bits per heavy atom. The monoisotopic (exact) mass is 202 g/mol. The van der Waals surface area contributed by atoms with E-state index in [1.807, 2.05) is 0 Å². The van der Waals surface area contributed by atoms with Crippen LogP contribution in [-0.4, -0.2) is 24.3 Å². The van der Waals surface area contributed by atoms with Gasteiger partial charge in [0.05, 0.1) is 18.6 Å². The van der Waals surface area contributed by atoms with Crippen LogP contribution in [0.15, 0.2) is 0 Å². The van der Waals surface area contributed by atoms with Gasteiger partial charge in [0.25, 0.3) is 0 Å². The van der Waals surface area contributed by atoms with Gasteiger partial charge in [-0.05, 0) is 20.3 Å². The van der Waals surface area contributed by atoms with Gasteiger partial charge in [0, 0.05) is 0 Å². The second-order valence-corrected chi connectivity index (χ2v) is 4.22. The molecule has 3 heteroatoms. The van der Waals surface area contributed by atoms with Crippen LogP contribution in [0.25, 0.3) is 0 Å². The standard InChI is InChI=1S/C11H22O3/c1-5-6-7-8-9(12)11(2,3)10(13)14-4/h9,12H,5-8H2,1-4H3. The average Bonchev–Trinajstić information content (AvgIpc) is 2.16. The van der Waals surface area contributed by atoms with Crippen molar-refractivity contribution in [2.45, 2.75) is 52.6 Å². The summed E-state index contributed by atoms with van der Waals surface area (Å²) in [7, 11) is 1.35. The van der Waals surface area contributed by atoms with Gasteiger partial charge in [-0.1, -0.05) is 26.2 Å². The maximum absolute atomic E-state index is 11.3. The first kappa shape index (κ1) is 13.4. The van der Waals surface area contributed by atoms with E-state index >= 15 is 0 Å². The summed E-state index contributed by atoms with van der Waals surface area (Å²) in [5, 5.41) is 9.80. The third-order valence-electron chi connectivity index (χ3n) is 2.63. The van der Waals surface area contributed by atoms with Crippen LogP contribution in [0, 0.1) is 5.41 Å². The number of aliphatic hydroxyl groups excluding tert-OH is 1. The van der Waals surface area contributed by atoms with Crippen molar-refractivity contribution < 1.29 is 14.6 Å². The highest BCUT2D eigenvalue weighted by molar-refractivity contribution is 5.76. The average molecular weight is 202 g/mol. The van der Waals surface area contributed by atoms with Gasteiger partial charge < -0.3 is 9.84 Å². The highest BCUT2D eigenvalue weighted by atomic mass is 16.5. The summed E-state index contributed by atoms with van der Waals surface area (Å²) in [5.41, 5.74) is -0.789. The Morgan fingerprint density at radius 1 is 1.43 bits per heavy atom. The minimum absolute atomic E-state index is 0.346. The van der Waals surface area contributed by atoms with Crippen molar-refractivity contribution in [3.05, 3.63) is 0 Å². The van der Waals surface area contributed by atoms with Crippen molar-refractivity contribution in [2.75, 3.05) is 7.11 Å². The van der Waals surface area contributed by atoms with E-state index in [1.165, 1.54) is 7.11 Å². The highest BCUT2D eigenvalue weighted by Crippen LogP contribution is 2.26. The molecule has 1 atom stereocenters. The van der Waals surface area contributed by atoms with E-state index in [4.69, 9.17) is 0 Å². The Kier molecular flexibility index (Phi) is 5.77. The quantitative estimate of drug-likeness (QED) is 0.530. The molecule has 0 aromatic heterocycles. The van der Waals surface area contributed by atoms with Crippen molar-refractivity contribution in [2.24, 2.45) is 5.41 Å². The zero-order valence-corrected chi connectivity index (χ0v) is 9.67. The Labute approximate surface area is 86.5 Å². The van der Waals surface area contributed by atoms with E-state index in [2.05, 4.69) is 11.7 Å². The molecule has 0 aliphatic carbocycles. The second-order valence-electron chi connectivity index (χ2n) is 4.22. The van der Waals surface area contributed by atoms with E-state index in [0.717, 1.165) is 19.3 Å². The lowest BCUT2D eigenvalue weighted by Crippen LogP contribution is -2.38. The van der Waals surface area contributed by atoms with Crippen molar-refractivity contribution in [3.8, 4) is 0 Å². The topological polar surface area (TPSA) is 46.5 Å². The lowest BCUT2D eigenvalue weighted by atomic mass is 9.84. The van der Waals surface area contributed by atoms with Gasteiger partial charge in [-0.25, -0.2) is 0 Å². The number of ether oxygens (including phenoxy) is 1. The van der Waals surface area contributed by atoms with Gasteiger partial charge in [0.2, 0.25) is 0 Å². The normalized spacial score (nSPS) is 13.8. The van der Waals surface area contributed by atoms with E-state index < -0.39 is 11.5 Å². The Hall–Kier alpha value is -0.570. The molecule has 14 heavy (non-hydrogen) atoms. The fourth-order valence-corrected chi connectivity index (χ4v) is 1.35. The number of carbonyl (C=O) groups is 1. The van der Waals surface area contributed by atoms with Gasteiger partial charge in [-0.15, -0.1) is 0 Å². The molecule has 0 spiro atoms. The van der Waals surface area contributed by atoms with Crippen molar-refractivity contribution >= 4 is 5.97 Å². The summed E-state index contributed by atoms with van der Waals surface area (Å²) in [6.07, 6.45) is 3.22. The zero-order valence-electron chi connectivity index (χ0n) is 9.67. The molecular weight excluding hydrogens is 180 g/mol.